The van der Waals surface area contributed by atoms with Crippen LogP contribution in [0, 0.1) is 0 Å². The van der Waals surface area contributed by atoms with Gasteiger partial charge in [0.05, 0.1) is 11.7 Å². The molecule has 0 aromatic carbocycles. The van der Waals surface area contributed by atoms with Crippen molar-refractivity contribution in [3.8, 4) is 0 Å². The van der Waals surface area contributed by atoms with Crippen LogP contribution in [0.25, 0.3) is 0 Å². The fourth-order valence-electron chi connectivity index (χ4n) is 1.87. The smallest absolute Gasteiger partial charge is 0.0660 e. The molecule has 1 saturated carbocycles. The third-order valence-corrected chi connectivity index (χ3v) is 3.28. The van der Waals surface area contributed by atoms with Crippen LogP contribution in [-0.4, -0.2) is 11.7 Å². The third-order valence-electron chi connectivity index (χ3n) is 3.28. The normalized spacial score (nSPS) is 22.1. The lowest BCUT2D eigenvalue weighted by molar-refractivity contribution is -0.0130. The molecular formula is C13H25NO. The molecule has 0 aromatic rings. The molecule has 2 heteroatoms. The first-order valence-corrected chi connectivity index (χ1v) is 6.09. The van der Waals surface area contributed by atoms with Gasteiger partial charge in [-0.05, 0) is 52.9 Å². The molecule has 15 heavy (non-hydrogen) atoms. The van der Waals surface area contributed by atoms with Gasteiger partial charge in [0, 0.05) is 5.70 Å². The molecule has 1 aliphatic carbocycles. The zero-order chi connectivity index (χ0) is 11.5. The molecule has 2 N–H and O–H groups in total. The Hall–Kier alpha value is -0.500. The van der Waals surface area contributed by atoms with Gasteiger partial charge in [-0.3, -0.25) is 0 Å². The summed E-state index contributed by atoms with van der Waals surface area (Å²) in [4.78, 5) is 0. The summed E-state index contributed by atoms with van der Waals surface area (Å²) in [5.41, 5.74) is 8.38. The molecule has 0 heterocycles. The van der Waals surface area contributed by atoms with Crippen molar-refractivity contribution in [1.29, 1.82) is 0 Å². The van der Waals surface area contributed by atoms with Crippen LogP contribution < -0.4 is 5.73 Å². The summed E-state index contributed by atoms with van der Waals surface area (Å²) in [6.07, 6.45) is 6.04. The van der Waals surface area contributed by atoms with Crippen LogP contribution in [0.15, 0.2) is 11.3 Å². The molecule has 0 saturated heterocycles. The van der Waals surface area contributed by atoms with Crippen molar-refractivity contribution < 1.29 is 4.74 Å². The van der Waals surface area contributed by atoms with Crippen LogP contribution in [0.2, 0.25) is 0 Å². The van der Waals surface area contributed by atoms with E-state index in [1.54, 1.807) is 0 Å². The van der Waals surface area contributed by atoms with Gasteiger partial charge in [0.2, 0.25) is 0 Å². The highest BCUT2D eigenvalue weighted by molar-refractivity contribution is 5.08. The standard InChI is InChI=1S/C13H25NO/c1-5-12(11(3)14)7-6-10(2)15-13(4)8-9-13/h10H,5-9,14H2,1-4H3/b12-11+. The molecule has 0 radical (unpaired) electrons. The summed E-state index contributed by atoms with van der Waals surface area (Å²) in [6, 6.07) is 0. The minimum absolute atomic E-state index is 0.202. The topological polar surface area (TPSA) is 35.2 Å². The Morgan fingerprint density at radius 3 is 2.47 bits per heavy atom. The fourth-order valence-corrected chi connectivity index (χ4v) is 1.87. The summed E-state index contributed by atoms with van der Waals surface area (Å²) in [5, 5.41) is 0. The van der Waals surface area contributed by atoms with E-state index in [1.807, 2.05) is 6.92 Å². The predicted octanol–water partition coefficient (Wildman–Crippen LogP) is 3.37. The fraction of sp³-hybridized carbons (Fsp3) is 0.846. The lowest BCUT2D eigenvalue weighted by Gasteiger charge is -2.19. The van der Waals surface area contributed by atoms with Crippen molar-refractivity contribution >= 4 is 0 Å². The van der Waals surface area contributed by atoms with E-state index in [0.717, 1.165) is 25.0 Å². The summed E-state index contributed by atoms with van der Waals surface area (Å²) < 4.78 is 5.96. The van der Waals surface area contributed by atoms with Crippen molar-refractivity contribution in [3.63, 3.8) is 0 Å². The highest BCUT2D eigenvalue weighted by Gasteiger charge is 2.39. The maximum absolute atomic E-state index is 5.96. The molecule has 1 atom stereocenters. The number of nitrogens with two attached hydrogens (primary N) is 1. The van der Waals surface area contributed by atoms with Gasteiger partial charge in [0.25, 0.3) is 0 Å². The Labute approximate surface area is 93.9 Å². The second-order valence-electron chi connectivity index (χ2n) is 5.06. The molecule has 1 aliphatic rings. The van der Waals surface area contributed by atoms with E-state index >= 15 is 0 Å². The second-order valence-corrected chi connectivity index (χ2v) is 5.06. The first-order valence-electron chi connectivity index (χ1n) is 6.09. The lowest BCUT2D eigenvalue weighted by atomic mass is 10.0. The Kier molecular flexibility index (Phi) is 4.21. The SMILES string of the molecule is CC/C(CCC(C)OC1(C)CC1)=C(/C)N. The van der Waals surface area contributed by atoms with Crippen molar-refractivity contribution in [2.75, 3.05) is 0 Å². The Balaban J connectivity index is 2.26. The monoisotopic (exact) mass is 211 g/mol. The molecule has 0 aliphatic heterocycles. The lowest BCUT2D eigenvalue weighted by Crippen LogP contribution is -2.18. The molecule has 0 bridgehead atoms. The van der Waals surface area contributed by atoms with E-state index in [9.17, 15) is 0 Å². The van der Waals surface area contributed by atoms with Gasteiger partial charge in [-0.2, -0.15) is 0 Å². The Morgan fingerprint density at radius 1 is 1.47 bits per heavy atom. The summed E-state index contributed by atoms with van der Waals surface area (Å²) in [6.45, 7) is 8.53. The predicted molar refractivity (Wildman–Crippen MR) is 64.6 cm³/mol. The molecule has 0 amide bonds. The quantitative estimate of drug-likeness (QED) is 0.731. The van der Waals surface area contributed by atoms with Gasteiger partial charge < -0.3 is 10.5 Å². The largest absolute Gasteiger partial charge is 0.402 e. The first kappa shape index (κ1) is 12.6. The molecule has 1 rings (SSSR count). The van der Waals surface area contributed by atoms with Crippen LogP contribution in [0.4, 0.5) is 0 Å². The van der Waals surface area contributed by atoms with E-state index in [0.29, 0.717) is 6.10 Å². The maximum Gasteiger partial charge on any atom is 0.0660 e. The highest BCUT2D eigenvalue weighted by atomic mass is 16.5. The van der Waals surface area contributed by atoms with Gasteiger partial charge in [-0.15, -0.1) is 0 Å². The van der Waals surface area contributed by atoms with Gasteiger partial charge in [0.15, 0.2) is 0 Å². The van der Waals surface area contributed by atoms with Crippen molar-refractivity contribution in [2.24, 2.45) is 5.73 Å². The summed E-state index contributed by atoms with van der Waals surface area (Å²) in [7, 11) is 0. The highest BCUT2D eigenvalue weighted by Crippen LogP contribution is 2.40. The maximum atomic E-state index is 5.96. The summed E-state index contributed by atoms with van der Waals surface area (Å²) in [5.74, 6) is 0. The van der Waals surface area contributed by atoms with Gasteiger partial charge in [0.1, 0.15) is 0 Å². The van der Waals surface area contributed by atoms with E-state index in [1.165, 1.54) is 18.4 Å². The minimum atomic E-state index is 0.202. The first-order chi connectivity index (χ1) is 6.97. The van der Waals surface area contributed by atoms with Crippen molar-refractivity contribution in [3.05, 3.63) is 11.3 Å². The molecule has 1 fully saturated rings. The van der Waals surface area contributed by atoms with E-state index < -0.39 is 0 Å². The Morgan fingerprint density at radius 2 is 2.07 bits per heavy atom. The van der Waals surface area contributed by atoms with Crippen LogP contribution in [0.1, 0.15) is 59.8 Å². The number of hydrogen-bond donors (Lipinski definition) is 1. The minimum Gasteiger partial charge on any atom is -0.402 e. The molecular weight excluding hydrogens is 186 g/mol. The van der Waals surface area contributed by atoms with Crippen molar-refractivity contribution in [2.45, 2.75) is 71.5 Å². The molecule has 2 nitrogen and oxygen atoms in total. The van der Waals surface area contributed by atoms with Gasteiger partial charge >= 0.3 is 0 Å². The molecule has 88 valence electrons. The second kappa shape index (κ2) is 5.02. The Bertz CT molecular complexity index is 237. The van der Waals surface area contributed by atoms with Gasteiger partial charge in [-0.1, -0.05) is 12.5 Å². The number of rotatable bonds is 6. The van der Waals surface area contributed by atoms with Crippen LogP contribution in [0.3, 0.4) is 0 Å². The van der Waals surface area contributed by atoms with Crippen LogP contribution in [0.5, 0.6) is 0 Å². The zero-order valence-corrected chi connectivity index (χ0v) is 10.6. The average molecular weight is 211 g/mol. The number of ether oxygens (including phenoxy) is 1. The molecule has 1 unspecified atom stereocenters. The molecule has 0 spiro atoms. The van der Waals surface area contributed by atoms with Crippen LogP contribution in [-0.2, 0) is 4.74 Å². The van der Waals surface area contributed by atoms with Crippen LogP contribution >= 0.6 is 0 Å². The van der Waals surface area contributed by atoms with E-state index in [4.69, 9.17) is 10.5 Å². The zero-order valence-electron chi connectivity index (χ0n) is 10.6. The summed E-state index contributed by atoms with van der Waals surface area (Å²) >= 11 is 0. The van der Waals surface area contributed by atoms with Gasteiger partial charge in [-0.25, -0.2) is 0 Å². The van der Waals surface area contributed by atoms with E-state index in [-0.39, 0.29) is 5.60 Å². The molecule has 0 aromatic heterocycles. The van der Waals surface area contributed by atoms with Crippen molar-refractivity contribution in [1.82, 2.24) is 0 Å². The number of hydrogen-bond acceptors (Lipinski definition) is 2. The third kappa shape index (κ3) is 4.25. The van der Waals surface area contributed by atoms with E-state index in [2.05, 4.69) is 20.8 Å². The average Bonchev–Trinajstić information content (AvgIpc) is 2.83. The number of allylic oxidation sites excluding steroid dienone is 2.